The van der Waals surface area contributed by atoms with Crippen LogP contribution in [-0.2, 0) is 14.6 Å². The normalized spacial score (nSPS) is 28.5. The molecule has 0 bridgehead atoms. The SMILES string of the molecule is O=C([C@H]1CCCN(c2ccc(Cl)nn2)C1)N1CCN([C@H]2CCS(=O)(=O)C2)CC1. The van der Waals surface area contributed by atoms with Gasteiger partial charge in [-0.3, -0.25) is 9.69 Å². The summed E-state index contributed by atoms with van der Waals surface area (Å²) in [6.45, 7) is 4.37. The van der Waals surface area contributed by atoms with Gasteiger partial charge in [0.15, 0.2) is 20.8 Å². The second-order valence-corrected chi connectivity index (χ2v) is 10.5. The molecule has 2 atom stereocenters. The zero-order valence-corrected chi connectivity index (χ0v) is 17.4. The Hall–Kier alpha value is -1.45. The van der Waals surface area contributed by atoms with Crippen LogP contribution in [0.4, 0.5) is 5.82 Å². The Morgan fingerprint density at radius 2 is 1.86 bits per heavy atom. The van der Waals surface area contributed by atoms with Crippen LogP contribution in [-0.4, -0.2) is 91.1 Å². The van der Waals surface area contributed by atoms with E-state index in [1.165, 1.54) is 0 Å². The summed E-state index contributed by atoms with van der Waals surface area (Å²) in [5.74, 6) is 1.48. The quantitative estimate of drug-likeness (QED) is 0.700. The van der Waals surface area contributed by atoms with E-state index in [0.29, 0.717) is 30.5 Å². The van der Waals surface area contributed by atoms with Crippen LogP contribution in [0.25, 0.3) is 0 Å². The highest BCUT2D eigenvalue weighted by Crippen LogP contribution is 2.25. The van der Waals surface area contributed by atoms with E-state index in [1.807, 2.05) is 11.0 Å². The van der Waals surface area contributed by atoms with E-state index < -0.39 is 9.84 Å². The molecule has 1 aromatic heterocycles. The Kier molecular flexibility index (Phi) is 5.76. The summed E-state index contributed by atoms with van der Waals surface area (Å²) in [6, 6.07) is 3.69. The van der Waals surface area contributed by atoms with E-state index >= 15 is 0 Å². The van der Waals surface area contributed by atoms with E-state index in [0.717, 1.165) is 44.7 Å². The molecule has 3 saturated heterocycles. The van der Waals surface area contributed by atoms with Crippen molar-refractivity contribution in [1.29, 1.82) is 0 Å². The van der Waals surface area contributed by atoms with Crippen LogP contribution in [0.15, 0.2) is 12.1 Å². The van der Waals surface area contributed by atoms with Gasteiger partial charge in [-0.15, -0.1) is 10.2 Å². The summed E-state index contributed by atoms with van der Waals surface area (Å²) < 4.78 is 23.4. The molecular weight excluding hydrogens is 402 g/mol. The standard InChI is InChI=1S/C18H26ClN5O3S/c19-16-3-4-17(21-20-16)24-6-1-2-14(12-24)18(25)23-9-7-22(8-10-23)15-5-11-28(26,27)13-15/h3-4,14-15H,1-2,5-13H2/t14-,15-/m0/s1. The molecule has 10 heteroatoms. The third kappa shape index (κ3) is 4.41. The minimum absolute atomic E-state index is 0.0374. The Labute approximate surface area is 170 Å². The molecule has 0 N–H and O–H groups in total. The molecule has 154 valence electrons. The van der Waals surface area contributed by atoms with Gasteiger partial charge in [-0.25, -0.2) is 8.42 Å². The van der Waals surface area contributed by atoms with Crippen LogP contribution in [0.3, 0.4) is 0 Å². The molecule has 4 rings (SSSR count). The van der Waals surface area contributed by atoms with Gasteiger partial charge in [-0.05, 0) is 31.4 Å². The number of hydrogen-bond acceptors (Lipinski definition) is 7. The van der Waals surface area contributed by atoms with Gasteiger partial charge >= 0.3 is 0 Å². The Bertz CT molecular complexity index is 811. The zero-order valence-electron chi connectivity index (χ0n) is 15.8. The minimum atomic E-state index is -2.87. The molecular formula is C18H26ClN5O3S. The highest BCUT2D eigenvalue weighted by molar-refractivity contribution is 7.91. The first kappa shape index (κ1) is 19.8. The van der Waals surface area contributed by atoms with E-state index in [4.69, 9.17) is 11.6 Å². The summed E-state index contributed by atoms with van der Waals surface area (Å²) in [4.78, 5) is 19.3. The van der Waals surface area contributed by atoms with Crippen LogP contribution in [0.5, 0.6) is 0 Å². The van der Waals surface area contributed by atoms with Crippen LogP contribution in [0.1, 0.15) is 19.3 Å². The molecule has 1 aromatic rings. The predicted molar refractivity (Wildman–Crippen MR) is 107 cm³/mol. The van der Waals surface area contributed by atoms with Crippen molar-refractivity contribution in [3.63, 3.8) is 0 Å². The maximum Gasteiger partial charge on any atom is 0.227 e. The summed E-state index contributed by atoms with van der Waals surface area (Å²) >= 11 is 5.82. The fourth-order valence-electron chi connectivity index (χ4n) is 4.49. The third-order valence-corrected chi connectivity index (χ3v) is 8.02. The van der Waals surface area contributed by atoms with Crippen LogP contribution >= 0.6 is 11.6 Å². The van der Waals surface area contributed by atoms with Crippen molar-refractivity contribution in [2.75, 3.05) is 55.7 Å². The molecule has 1 amide bonds. The average Bonchev–Trinajstić information content (AvgIpc) is 3.08. The van der Waals surface area contributed by atoms with Crippen LogP contribution in [0, 0.1) is 5.92 Å². The highest BCUT2D eigenvalue weighted by Gasteiger charge is 2.36. The largest absolute Gasteiger partial charge is 0.354 e. The summed E-state index contributed by atoms with van der Waals surface area (Å²) in [5.41, 5.74) is 0. The predicted octanol–water partition coefficient (Wildman–Crippen LogP) is 0.678. The minimum Gasteiger partial charge on any atom is -0.354 e. The Morgan fingerprint density at radius 1 is 1.07 bits per heavy atom. The lowest BCUT2D eigenvalue weighted by Crippen LogP contribution is -2.54. The molecule has 0 radical (unpaired) electrons. The van der Waals surface area contributed by atoms with E-state index in [1.54, 1.807) is 6.07 Å². The first-order valence-electron chi connectivity index (χ1n) is 9.89. The molecule has 0 aromatic carbocycles. The van der Waals surface area contributed by atoms with Crippen LogP contribution in [0.2, 0.25) is 5.15 Å². The van der Waals surface area contributed by atoms with Gasteiger partial charge in [0.1, 0.15) is 0 Å². The van der Waals surface area contributed by atoms with E-state index in [-0.39, 0.29) is 23.6 Å². The molecule has 0 unspecified atom stereocenters. The van der Waals surface area contributed by atoms with Crippen molar-refractivity contribution in [3.05, 3.63) is 17.3 Å². The smallest absolute Gasteiger partial charge is 0.227 e. The number of sulfone groups is 1. The molecule has 3 aliphatic rings. The summed E-state index contributed by atoms with van der Waals surface area (Å²) in [7, 11) is -2.87. The van der Waals surface area contributed by atoms with Gasteiger partial charge in [0.25, 0.3) is 0 Å². The molecule has 0 spiro atoms. The number of rotatable bonds is 3. The first-order chi connectivity index (χ1) is 13.4. The Morgan fingerprint density at radius 3 is 2.50 bits per heavy atom. The van der Waals surface area contributed by atoms with Gasteiger partial charge in [0, 0.05) is 45.3 Å². The number of halogens is 1. The first-order valence-corrected chi connectivity index (χ1v) is 12.1. The van der Waals surface area contributed by atoms with E-state index in [2.05, 4.69) is 20.0 Å². The molecule has 4 heterocycles. The topological polar surface area (TPSA) is 86.7 Å². The molecule has 0 saturated carbocycles. The van der Waals surface area contributed by atoms with Gasteiger partial charge in [0.05, 0.1) is 17.4 Å². The van der Waals surface area contributed by atoms with Gasteiger partial charge in [-0.2, -0.15) is 0 Å². The second-order valence-electron chi connectivity index (χ2n) is 7.92. The Balaban J connectivity index is 1.31. The monoisotopic (exact) mass is 427 g/mol. The lowest BCUT2D eigenvalue weighted by molar-refractivity contribution is -0.137. The number of amides is 1. The summed E-state index contributed by atoms with van der Waals surface area (Å²) in [6.07, 6.45) is 2.55. The lowest BCUT2D eigenvalue weighted by Gasteiger charge is -2.40. The van der Waals surface area contributed by atoms with E-state index in [9.17, 15) is 13.2 Å². The number of carbonyl (C=O) groups excluding carboxylic acids is 1. The van der Waals surface area contributed by atoms with Crippen molar-refractivity contribution < 1.29 is 13.2 Å². The van der Waals surface area contributed by atoms with Crippen molar-refractivity contribution >= 4 is 33.2 Å². The maximum atomic E-state index is 13.0. The number of carbonyl (C=O) groups is 1. The fraction of sp³-hybridized carbons (Fsp3) is 0.722. The molecule has 3 fully saturated rings. The van der Waals surface area contributed by atoms with Crippen LogP contribution < -0.4 is 4.90 Å². The second kappa shape index (κ2) is 8.12. The maximum absolute atomic E-state index is 13.0. The van der Waals surface area contributed by atoms with Crippen molar-refractivity contribution in [1.82, 2.24) is 20.0 Å². The number of nitrogens with zero attached hydrogens (tertiary/aromatic N) is 5. The summed E-state index contributed by atoms with van der Waals surface area (Å²) in [5, 5.41) is 8.40. The van der Waals surface area contributed by atoms with Gasteiger partial charge in [0.2, 0.25) is 5.91 Å². The molecule has 3 aliphatic heterocycles. The van der Waals surface area contributed by atoms with Crippen molar-refractivity contribution in [3.8, 4) is 0 Å². The van der Waals surface area contributed by atoms with Crippen molar-refractivity contribution in [2.45, 2.75) is 25.3 Å². The highest BCUT2D eigenvalue weighted by atomic mass is 35.5. The zero-order chi connectivity index (χ0) is 19.7. The third-order valence-electron chi connectivity index (χ3n) is 6.06. The van der Waals surface area contributed by atoms with Gasteiger partial charge < -0.3 is 9.80 Å². The average molecular weight is 428 g/mol. The molecule has 0 aliphatic carbocycles. The number of aromatic nitrogens is 2. The number of piperidine rings is 1. The fourth-order valence-corrected chi connectivity index (χ4v) is 6.36. The van der Waals surface area contributed by atoms with Crippen molar-refractivity contribution in [2.24, 2.45) is 5.92 Å². The number of anilines is 1. The van der Waals surface area contributed by atoms with Gasteiger partial charge in [-0.1, -0.05) is 11.6 Å². The molecule has 8 nitrogen and oxygen atoms in total. The lowest BCUT2D eigenvalue weighted by atomic mass is 9.96. The number of hydrogen-bond donors (Lipinski definition) is 0. The molecule has 28 heavy (non-hydrogen) atoms. The number of piperazine rings is 1.